The van der Waals surface area contributed by atoms with Gasteiger partial charge in [-0.15, -0.1) is 0 Å². The lowest BCUT2D eigenvalue weighted by Crippen LogP contribution is -2.00. The first kappa shape index (κ1) is 15.9. The predicted molar refractivity (Wildman–Crippen MR) is 84.1 cm³/mol. The summed E-state index contributed by atoms with van der Waals surface area (Å²) in [6.07, 6.45) is 0. The number of halogens is 1. The minimum atomic E-state index is -3.80. The van der Waals surface area contributed by atoms with Crippen molar-refractivity contribution in [2.45, 2.75) is 9.79 Å². The van der Waals surface area contributed by atoms with Gasteiger partial charge in [-0.25, -0.2) is 16.8 Å². The highest BCUT2D eigenvalue weighted by Crippen LogP contribution is 2.18. The Morgan fingerprint density at radius 3 is 1.57 bits per heavy atom. The number of sulfone groups is 2. The molecule has 0 saturated heterocycles. The van der Waals surface area contributed by atoms with E-state index in [9.17, 15) is 16.8 Å². The van der Waals surface area contributed by atoms with Crippen LogP contribution in [-0.4, -0.2) is 16.8 Å². The molecule has 110 valence electrons. The maximum atomic E-state index is 12.1. The van der Waals surface area contributed by atoms with Gasteiger partial charge in [-0.2, -0.15) is 0 Å². The lowest BCUT2D eigenvalue weighted by Gasteiger charge is -2.00. The molecule has 0 unspecified atom stereocenters. The molecule has 0 aliphatic carbocycles. The van der Waals surface area contributed by atoms with Gasteiger partial charge in [0.25, 0.3) is 0 Å². The van der Waals surface area contributed by atoms with E-state index in [0.717, 1.165) is 4.47 Å². The fourth-order valence-electron chi connectivity index (χ4n) is 1.54. The average Bonchev–Trinajstić information content (AvgIpc) is 2.47. The third-order valence-electron chi connectivity index (χ3n) is 2.63. The first-order valence-corrected chi connectivity index (χ1v) is 9.69. The molecule has 0 bridgehead atoms. The predicted octanol–water partition coefficient (Wildman–Crippen LogP) is 3.17. The smallest absolute Gasteiger partial charge is 0.200 e. The molecular weight excluding hydrogens is 376 g/mol. The molecule has 2 rings (SSSR count). The van der Waals surface area contributed by atoms with Crippen molar-refractivity contribution in [1.29, 1.82) is 0 Å². The second-order valence-corrected chi connectivity index (χ2v) is 8.71. The van der Waals surface area contributed by atoms with Crippen molar-refractivity contribution >= 4 is 35.6 Å². The average molecular weight is 387 g/mol. The minimum absolute atomic E-state index is 0.0326. The lowest BCUT2D eigenvalue weighted by atomic mass is 10.4. The van der Waals surface area contributed by atoms with Crippen LogP contribution in [0.1, 0.15) is 0 Å². The largest absolute Gasteiger partial charge is 0.219 e. The summed E-state index contributed by atoms with van der Waals surface area (Å²) in [4.78, 5) is 0.0810. The molecule has 21 heavy (non-hydrogen) atoms. The molecule has 0 fully saturated rings. The van der Waals surface area contributed by atoms with Gasteiger partial charge in [0, 0.05) is 15.3 Å². The quantitative estimate of drug-likeness (QED) is 0.808. The van der Waals surface area contributed by atoms with Crippen molar-refractivity contribution in [2.75, 3.05) is 0 Å². The van der Waals surface area contributed by atoms with Gasteiger partial charge in [0.2, 0.25) is 19.7 Å². The monoisotopic (exact) mass is 386 g/mol. The van der Waals surface area contributed by atoms with Crippen LogP contribution < -0.4 is 0 Å². The Kier molecular flexibility index (Phi) is 4.65. The Balaban J connectivity index is 2.34. The van der Waals surface area contributed by atoms with Crippen molar-refractivity contribution < 1.29 is 16.8 Å². The minimum Gasteiger partial charge on any atom is -0.219 e. The van der Waals surface area contributed by atoms with Crippen LogP contribution in [0, 0.1) is 0 Å². The number of hydrogen-bond donors (Lipinski definition) is 0. The summed E-state index contributed by atoms with van der Waals surface area (Å²) in [5.74, 6) is 0. The molecule has 0 atom stereocenters. The topological polar surface area (TPSA) is 68.3 Å². The summed E-state index contributed by atoms with van der Waals surface area (Å²) in [7, 11) is -7.58. The zero-order valence-corrected chi connectivity index (χ0v) is 13.9. The normalized spacial score (nSPS) is 12.6. The Labute approximate surface area is 132 Å². The molecule has 2 aromatic rings. The molecule has 0 aliphatic rings. The van der Waals surface area contributed by atoms with Gasteiger partial charge >= 0.3 is 0 Å². The Morgan fingerprint density at radius 2 is 1.10 bits per heavy atom. The third-order valence-corrected chi connectivity index (χ3v) is 6.18. The lowest BCUT2D eigenvalue weighted by molar-refractivity contribution is 0.600. The highest BCUT2D eigenvalue weighted by atomic mass is 79.9. The van der Waals surface area contributed by atoms with Crippen LogP contribution >= 0.6 is 15.9 Å². The van der Waals surface area contributed by atoms with E-state index in [0.29, 0.717) is 10.8 Å². The molecular formula is C14H11BrO4S2. The van der Waals surface area contributed by atoms with E-state index < -0.39 is 19.7 Å². The summed E-state index contributed by atoms with van der Waals surface area (Å²) in [5, 5.41) is 1.41. The number of hydrogen-bond acceptors (Lipinski definition) is 4. The maximum Gasteiger partial charge on any atom is 0.200 e. The van der Waals surface area contributed by atoms with Gasteiger partial charge < -0.3 is 0 Å². The van der Waals surface area contributed by atoms with Gasteiger partial charge in [0.1, 0.15) is 0 Å². The van der Waals surface area contributed by atoms with Gasteiger partial charge in [0.15, 0.2) is 0 Å². The first-order chi connectivity index (χ1) is 9.81. The highest BCUT2D eigenvalue weighted by Gasteiger charge is 2.14. The SMILES string of the molecule is O=S(=O)(/C=C/S(=O)(=O)c1ccc(Br)cc1)c1ccccc1. The van der Waals surface area contributed by atoms with E-state index in [4.69, 9.17) is 0 Å². The third kappa shape index (κ3) is 4.03. The van der Waals surface area contributed by atoms with Crippen molar-refractivity contribution in [3.8, 4) is 0 Å². The molecule has 7 heteroatoms. The highest BCUT2D eigenvalue weighted by molar-refractivity contribution is 9.10. The van der Waals surface area contributed by atoms with E-state index in [1.165, 1.54) is 24.3 Å². The van der Waals surface area contributed by atoms with E-state index >= 15 is 0 Å². The van der Waals surface area contributed by atoms with Crippen LogP contribution in [-0.2, 0) is 19.7 Å². The zero-order valence-electron chi connectivity index (χ0n) is 10.7. The number of benzene rings is 2. The van der Waals surface area contributed by atoms with Crippen molar-refractivity contribution in [2.24, 2.45) is 0 Å². The second-order valence-electron chi connectivity index (χ2n) is 4.13. The van der Waals surface area contributed by atoms with Crippen LogP contribution in [0.4, 0.5) is 0 Å². The van der Waals surface area contributed by atoms with Gasteiger partial charge in [0.05, 0.1) is 9.79 Å². The second kappa shape index (κ2) is 6.13. The molecule has 2 aromatic carbocycles. The van der Waals surface area contributed by atoms with Crippen molar-refractivity contribution in [3.63, 3.8) is 0 Å². The van der Waals surface area contributed by atoms with E-state index in [1.807, 2.05) is 0 Å². The van der Waals surface area contributed by atoms with Gasteiger partial charge in [-0.05, 0) is 36.4 Å². The number of rotatable bonds is 4. The van der Waals surface area contributed by atoms with Gasteiger partial charge in [-0.1, -0.05) is 34.1 Å². The molecule has 4 nitrogen and oxygen atoms in total. The molecule has 0 saturated carbocycles. The molecule has 0 aliphatic heterocycles. The molecule has 0 radical (unpaired) electrons. The fourth-order valence-corrected chi connectivity index (χ4v) is 4.34. The Bertz CT molecular complexity index is 853. The molecule has 0 aromatic heterocycles. The van der Waals surface area contributed by atoms with E-state index in [-0.39, 0.29) is 9.79 Å². The molecule has 0 spiro atoms. The van der Waals surface area contributed by atoms with E-state index in [2.05, 4.69) is 15.9 Å². The Morgan fingerprint density at radius 1 is 0.667 bits per heavy atom. The molecule has 0 N–H and O–H groups in total. The summed E-state index contributed by atoms with van der Waals surface area (Å²) in [6.45, 7) is 0. The summed E-state index contributed by atoms with van der Waals surface area (Å²) >= 11 is 3.20. The van der Waals surface area contributed by atoms with Crippen LogP contribution in [0.25, 0.3) is 0 Å². The molecule has 0 heterocycles. The first-order valence-electron chi connectivity index (χ1n) is 5.80. The van der Waals surface area contributed by atoms with Crippen LogP contribution in [0.3, 0.4) is 0 Å². The van der Waals surface area contributed by atoms with Crippen molar-refractivity contribution in [1.82, 2.24) is 0 Å². The van der Waals surface area contributed by atoms with Crippen LogP contribution in [0.5, 0.6) is 0 Å². The zero-order chi connectivity index (χ0) is 15.5. The van der Waals surface area contributed by atoms with Crippen molar-refractivity contribution in [3.05, 3.63) is 69.9 Å². The summed E-state index contributed by atoms with van der Waals surface area (Å²) in [5.41, 5.74) is 0. The standard InChI is InChI=1S/C14H11BrO4S2/c15-12-6-8-14(9-7-12)21(18,19)11-10-20(16,17)13-4-2-1-3-5-13/h1-11H/b11-10+. The van der Waals surface area contributed by atoms with Crippen LogP contribution in [0.15, 0.2) is 79.7 Å². The van der Waals surface area contributed by atoms with Gasteiger partial charge in [-0.3, -0.25) is 0 Å². The van der Waals surface area contributed by atoms with E-state index in [1.54, 1.807) is 30.3 Å². The fraction of sp³-hybridized carbons (Fsp3) is 0. The summed E-state index contributed by atoms with van der Waals surface area (Å²) < 4.78 is 48.9. The molecule has 0 amide bonds. The van der Waals surface area contributed by atoms with Crippen LogP contribution in [0.2, 0.25) is 0 Å². The maximum absolute atomic E-state index is 12.1. The summed E-state index contributed by atoms with van der Waals surface area (Å²) in [6, 6.07) is 13.6. The Hall–Kier alpha value is -1.44.